The highest BCUT2D eigenvalue weighted by molar-refractivity contribution is 7.92. The Morgan fingerprint density at radius 2 is 1.69 bits per heavy atom. The molecule has 0 unspecified atom stereocenters. The lowest BCUT2D eigenvalue weighted by Gasteiger charge is -2.18. The quantitative estimate of drug-likeness (QED) is 0.622. The summed E-state index contributed by atoms with van der Waals surface area (Å²) in [7, 11) is -3.80. The van der Waals surface area contributed by atoms with Gasteiger partial charge in [-0.05, 0) is 36.8 Å². The van der Waals surface area contributed by atoms with Crippen molar-refractivity contribution in [2.75, 3.05) is 11.3 Å². The van der Waals surface area contributed by atoms with E-state index < -0.39 is 15.4 Å². The van der Waals surface area contributed by atoms with Crippen LogP contribution in [0.2, 0.25) is 0 Å². The van der Waals surface area contributed by atoms with Crippen molar-refractivity contribution in [3.05, 3.63) is 72.1 Å². The van der Waals surface area contributed by atoms with E-state index in [2.05, 4.69) is 9.82 Å². The van der Waals surface area contributed by atoms with E-state index in [1.165, 1.54) is 0 Å². The van der Waals surface area contributed by atoms with Gasteiger partial charge in [0, 0.05) is 17.3 Å². The van der Waals surface area contributed by atoms with E-state index in [0.29, 0.717) is 30.3 Å². The van der Waals surface area contributed by atoms with Gasteiger partial charge in [-0.2, -0.15) is 5.10 Å². The number of hydrogen-bond donors (Lipinski definition) is 1. The lowest BCUT2D eigenvalue weighted by molar-refractivity contribution is 0.340. The number of anilines is 1. The van der Waals surface area contributed by atoms with E-state index in [-0.39, 0.29) is 4.90 Å². The van der Waals surface area contributed by atoms with Crippen LogP contribution in [0.15, 0.2) is 65.7 Å². The average molecular weight is 414 g/mol. The molecule has 0 saturated carbocycles. The standard InChI is InChI=1S/C22H27N3O3S/c1-5-28-19-13-11-18(12-14-19)24-29(26,27)20-16-25(23-21(20)22(2,3)4)15-17-9-7-6-8-10-17/h6-14,16,24H,5,15H2,1-4H3. The number of nitrogens with zero attached hydrogens (tertiary/aromatic N) is 2. The zero-order chi connectivity index (χ0) is 21.1. The van der Waals surface area contributed by atoms with Gasteiger partial charge in [0.2, 0.25) is 0 Å². The maximum atomic E-state index is 13.1. The Labute approximate surface area is 172 Å². The molecular formula is C22H27N3O3S. The summed E-state index contributed by atoms with van der Waals surface area (Å²) in [5.41, 5.74) is 1.64. The maximum absolute atomic E-state index is 13.1. The summed E-state index contributed by atoms with van der Waals surface area (Å²) in [5.74, 6) is 0.696. The fraction of sp³-hybridized carbons (Fsp3) is 0.318. The van der Waals surface area contributed by atoms with Gasteiger partial charge in [0.15, 0.2) is 0 Å². The maximum Gasteiger partial charge on any atom is 0.265 e. The van der Waals surface area contributed by atoms with Gasteiger partial charge in [-0.15, -0.1) is 0 Å². The molecule has 0 amide bonds. The number of hydrogen-bond acceptors (Lipinski definition) is 4. The molecule has 0 aliphatic heterocycles. The second-order valence-electron chi connectivity index (χ2n) is 7.84. The summed E-state index contributed by atoms with van der Waals surface area (Å²) >= 11 is 0. The Morgan fingerprint density at radius 1 is 1.03 bits per heavy atom. The van der Waals surface area contributed by atoms with Gasteiger partial charge in [-0.3, -0.25) is 9.40 Å². The molecule has 7 heteroatoms. The van der Waals surface area contributed by atoms with Crippen molar-refractivity contribution in [3.63, 3.8) is 0 Å². The van der Waals surface area contributed by atoms with Crippen LogP contribution in [0.4, 0.5) is 5.69 Å². The Hall–Kier alpha value is -2.80. The smallest absolute Gasteiger partial charge is 0.265 e. The molecule has 0 radical (unpaired) electrons. The van der Waals surface area contributed by atoms with Crippen LogP contribution in [0.3, 0.4) is 0 Å². The summed E-state index contributed by atoms with van der Waals surface area (Å²) in [6.07, 6.45) is 1.60. The highest BCUT2D eigenvalue weighted by Gasteiger charge is 2.30. The van der Waals surface area contributed by atoms with Crippen LogP contribution in [0.25, 0.3) is 0 Å². The first-order chi connectivity index (χ1) is 13.7. The van der Waals surface area contributed by atoms with E-state index in [1.54, 1.807) is 35.1 Å². The molecule has 3 rings (SSSR count). The number of nitrogens with one attached hydrogen (secondary N) is 1. The third-order valence-electron chi connectivity index (χ3n) is 4.33. The molecule has 0 aliphatic carbocycles. The molecule has 1 N–H and O–H groups in total. The van der Waals surface area contributed by atoms with E-state index >= 15 is 0 Å². The van der Waals surface area contributed by atoms with Gasteiger partial charge in [0.25, 0.3) is 10.0 Å². The molecule has 0 spiro atoms. The first kappa shape index (κ1) is 20.9. The summed E-state index contributed by atoms with van der Waals surface area (Å²) in [6, 6.07) is 16.7. The van der Waals surface area contributed by atoms with Crippen molar-refractivity contribution in [2.45, 2.75) is 44.6 Å². The van der Waals surface area contributed by atoms with Crippen LogP contribution < -0.4 is 9.46 Å². The minimum atomic E-state index is -3.80. The largest absolute Gasteiger partial charge is 0.494 e. The summed E-state index contributed by atoms with van der Waals surface area (Å²) in [6.45, 7) is 8.83. The third kappa shape index (κ3) is 5.17. The lowest BCUT2D eigenvalue weighted by atomic mass is 9.92. The molecule has 0 aliphatic rings. The zero-order valence-corrected chi connectivity index (χ0v) is 18.0. The topological polar surface area (TPSA) is 73.2 Å². The van der Waals surface area contributed by atoms with Crippen LogP contribution in [0.5, 0.6) is 5.75 Å². The van der Waals surface area contributed by atoms with Gasteiger partial charge in [-0.1, -0.05) is 51.1 Å². The normalized spacial score (nSPS) is 12.0. The molecule has 0 atom stereocenters. The van der Waals surface area contributed by atoms with Gasteiger partial charge >= 0.3 is 0 Å². The van der Waals surface area contributed by atoms with Crippen molar-refractivity contribution in [3.8, 4) is 5.75 Å². The predicted octanol–water partition coefficient (Wildman–Crippen LogP) is 4.43. The van der Waals surface area contributed by atoms with E-state index in [9.17, 15) is 8.42 Å². The van der Waals surface area contributed by atoms with Crippen LogP contribution in [0.1, 0.15) is 39.0 Å². The number of ether oxygens (including phenoxy) is 1. The molecule has 6 nitrogen and oxygen atoms in total. The van der Waals surface area contributed by atoms with Crippen molar-refractivity contribution < 1.29 is 13.2 Å². The highest BCUT2D eigenvalue weighted by Crippen LogP contribution is 2.29. The third-order valence-corrected chi connectivity index (χ3v) is 5.72. The molecule has 1 heterocycles. The lowest BCUT2D eigenvalue weighted by Crippen LogP contribution is -2.20. The number of rotatable bonds is 7. The van der Waals surface area contributed by atoms with E-state index in [0.717, 1.165) is 5.56 Å². The first-order valence-corrected chi connectivity index (χ1v) is 11.0. The van der Waals surface area contributed by atoms with Crippen LogP contribution in [-0.4, -0.2) is 24.8 Å². The Balaban J connectivity index is 1.92. The molecule has 2 aromatic carbocycles. The Bertz CT molecular complexity index is 1050. The average Bonchev–Trinajstić information content (AvgIpc) is 3.10. The van der Waals surface area contributed by atoms with Crippen molar-refractivity contribution in [2.24, 2.45) is 0 Å². The van der Waals surface area contributed by atoms with Gasteiger partial charge < -0.3 is 4.74 Å². The molecule has 1 aromatic heterocycles. The van der Waals surface area contributed by atoms with E-state index in [1.807, 2.05) is 58.0 Å². The fourth-order valence-corrected chi connectivity index (χ4v) is 4.39. The number of aromatic nitrogens is 2. The zero-order valence-electron chi connectivity index (χ0n) is 17.2. The molecule has 154 valence electrons. The van der Waals surface area contributed by atoms with Crippen LogP contribution in [0, 0.1) is 0 Å². The molecule has 0 bridgehead atoms. The van der Waals surface area contributed by atoms with Crippen LogP contribution in [-0.2, 0) is 22.0 Å². The van der Waals surface area contributed by atoms with Crippen molar-refractivity contribution in [1.82, 2.24) is 9.78 Å². The van der Waals surface area contributed by atoms with Gasteiger partial charge in [-0.25, -0.2) is 8.42 Å². The first-order valence-electron chi connectivity index (χ1n) is 9.56. The summed E-state index contributed by atoms with van der Waals surface area (Å²) < 4.78 is 36.0. The second-order valence-corrected chi connectivity index (χ2v) is 9.49. The van der Waals surface area contributed by atoms with Gasteiger partial charge in [0.1, 0.15) is 10.6 Å². The molecule has 29 heavy (non-hydrogen) atoms. The highest BCUT2D eigenvalue weighted by atomic mass is 32.2. The van der Waals surface area contributed by atoms with Crippen LogP contribution >= 0.6 is 0 Å². The number of benzene rings is 2. The van der Waals surface area contributed by atoms with Crippen molar-refractivity contribution >= 4 is 15.7 Å². The summed E-state index contributed by atoms with van der Waals surface area (Å²) in [4.78, 5) is 0.190. The fourth-order valence-electron chi connectivity index (χ4n) is 2.97. The SMILES string of the molecule is CCOc1ccc(NS(=O)(=O)c2cn(Cc3ccccc3)nc2C(C)(C)C)cc1. The molecule has 3 aromatic rings. The number of sulfonamides is 1. The Morgan fingerprint density at radius 3 is 2.28 bits per heavy atom. The van der Waals surface area contributed by atoms with E-state index in [4.69, 9.17) is 4.74 Å². The predicted molar refractivity (Wildman–Crippen MR) is 115 cm³/mol. The molecule has 0 fully saturated rings. The van der Waals surface area contributed by atoms with Crippen molar-refractivity contribution in [1.29, 1.82) is 0 Å². The molecular weight excluding hydrogens is 386 g/mol. The molecule has 0 saturated heterocycles. The second kappa shape index (κ2) is 8.29. The van der Waals surface area contributed by atoms with Gasteiger partial charge in [0.05, 0.1) is 18.8 Å². The minimum Gasteiger partial charge on any atom is -0.494 e. The Kier molecular flexibility index (Phi) is 5.98. The minimum absolute atomic E-state index is 0.190. The monoisotopic (exact) mass is 413 g/mol. The summed E-state index contributed by atoms with van der Waals surface area (Å²) in [5, 5.41) is 4.60.